The van der Waals surface area contributed by atoms with Gasteiger partial charge in [-0.1, -0.05) is 0 Å². The summed E-state index contributed by atoms with van der Waals surface area (Å²) in [7, 11) is 0. The molecule has 6 heteroatoms. The molecule has 3 rings (SSSR count). The number of likely N-dealkylation sites (tertiary alicyclic amines) is 1. The van der Waals surface area contributed by atoms with Gasteiger partial charge >= 0.3 is 0 Å². The second kappa shape index (κ2) is 8.54. The highest BCUT2D eigenvalue weighted by molar-refractivity contribution is 7.13. The van der Waals surface area contributed by atoms with Crippen molar-refractivity contribution in [3.8, 4) is 10.6 Å². The van der Waals surface area contributed by atoms with E-state index in [0.717, 1.165) is 29.4 Å². The molecule has 0 radical (unpaired) electrons. The number of aromatic nitrogens is 2. The number of rotatable bonds is 6. The lowest BCUT2D eigenvalue weighted by atomic mass is 9.97. The SMILES string of the molecule is CC(C)N1CCCC(CNC(=O)Cc2csc(-c3cccnc3)n2)C1. The quantitative estimate of drug-likeness (QED) is 0.862. The van der Waals surface area contributed by atoms with Crippen molar-refractivity contribution in [1.82, 2.24) is 20.2 Å². The fourth-order valence-corrected chi connectivity index (χ4v) is 4.04. The van der Waals surface area contributed by atoms with Crippen LogP contribution in [-0.2, 0) is 11.2 Å². The molecule has 5 nitrogen and oxygen atoms in total. The Bertz CT molecular complexity index is 686. The number of nitrogens with one attached hydrogen (secondary N) is 1. The molecule has 1 atom stereocenters. The molecule has 1 saturated heterocycles. The van der Waals surface area contributed by atoms with Gasteiger partial charge in [0.05, 0.1) is 12.1 Å². The average Bonchev–Trinajstić information content (AvgIpc) is 3.09. The van der Waals surface area contributed by atoms with Crippen LogP contribution in [0.4, 0.5) is 0 Å². The molecule has 1 unspecified atom stereocenters. The van der Waals surface area contributed by atoms with Crippen LogP contribution in [0.5, 0.6) is 0 Å². The fourth-order valence-electron chi connectivity index (χ4n) is 3.23. The van der Waals surface area contributed by atoms with E-state index in [2.05, 4.69) is 34.0 Å². The van der Waals surface area contributed by atoms with E-state index in [9.17, 15) is 4.79 Å². The van der Waals surface area contributed by atoms with Gasteiger partial charge < -0.3 is 10.2 Å². The Morgan fingerprint density at radius 3 is 3.12 bits per heavy atom. The lowest BCUT2D eigenvalue weighted by Crippen LogP contribution is -2.44. The molecule has 0 aromatic carbocycles. The van der Waals surface area contributed by atoms with Crippen LogP contribution in [0.3, 0.4) is 0 Å². The van der Waals surface area contributed by atoms with Crippen LogP contribution < -0.4 is 5.32 Å². The Hall–Kier alpha value is -1.79. The summed E-state index contributed by atoms with van der Waals surface area (Å²) in [6.45, 7) is 7.51. The van der Waals surface area contributed by atoms with Crippen molar-refractivity contribution in [2.45, 2.75) is 39.2 Å². The summed E-state index contributed by atoms with van der Waals surface area (Å²) in [6.07, 6.45) is 6.31. The third kappa shape index (κ3) is 5.09. The first-order chi connectivity index (χ1) is 12.1. The molecular weight excluding hydrogens is 332 g/mol. The third-order valence-corrected chi connectivity index (χ3v) is 5.61. The normalized spacial score (nSPS) is 18.4. The summed E-state index contributed by atoms with van der Waals surface area (Å²) < 4.78 is 0. The number of carbonyl (C=O) groups is 1. The molecule has 25 heavy (non-hydrogen) atoms. The van der Waals surface area contributed by atoms with Gasteiger partial charge in [-0.3, -0.25) is 9.78 Å². The number of piperidine rings is 1. The number of hydrogen-bond donors (Lipinski definition) is 1. The van der Waals surface area contributed by atoms with E-state index in [0.29, 0.717) is 18.4 Å². The minimum Gasteiger partial charge on any atom is -0.355 e. The summed E-state index contributed by atoms with van der Waals surface area (Å²) in [5.41, 5.74) is 1.82. The van der Waals surface area contributed by atoms with Crippen LogP contribution in [0.2, 0.25) is 0 Å². The Morgan fingerprint density at radius 2 is 2.36 bits per heavy atom. The third-order valence-electron chi connectivity index (χ3n) is 4.67. The fraction of sp³-hybridized carbons (Fsp3) is 0.526. The van der Waals surface area contributed by atoms with Crippen molar-refractivity contribution < 1.29 is 4.79 Å². The minimum absolute atomic E-state index is 0.0599. The molecule has 0 spiro atoms. The highest BCUT2D eigenvalue weighted by atomic mass is 32.1. The van der Waals surface area contributed by atoms with E-state index >= 15 is 0 Å². The molecule has 3 heterocycles. The van der Waals surface area contributed by atoms with Gasteiger partial charge in [-0.15, -0.1) is 11.3 Å². The number of carbonyl (C=O) groups excluding carboxylic acids is 1. The molecule has 0 aliphatic carbocycles. The predicted molar refractivity (Wildman–Crippen MR) is 101 cm³/mol. The van der Waals surface area contributed by atoms with Crippen molar-refractivity contribution in [2.24, 2.45) is 5.92 Å². The summed E-state index contributed by atoms with van der Waals surface area (Å²) >= 11 is 1.56. The predicted octanol–water partition coefficient (Wildman–Crippen LogP) is 2.98. The van der Waals surface area contributed by atoms with Crippen molar-refractivity contribution in [1.29, 1.82) is 0 Å². The van der Waals surface area contributed by atoms with E-state index in [1.165, 1.54) is 19.4 Å². The zero-order chi connectivity index (χ0) is 17.6. The number of nitrogens with zero attached hydrogens (tertiary/aromatic N) is 3. The Kier molecular flexibility index (Phi) is 6.15. The van der Waals surface area contributed by atoms with Crippen molar-refractivity contribution >= 4 is 17.2 Å². The van der Waals surface area contributed by atoms with Crippen LogP contribution in [0.15, 0.2) is 29.9 Å². The average molecular weight is 359 g/mol. The molecule has 1 N–H and O–H groups in total. The Balaban J connectivity index is 1.47. The highest BCUT2D eigenvalue weighted by Crippen LogP contribution is 2.23. The monoisotopic (exact) mass is 358 g/mol. The first-order valence-electron chi connectivity index (χ1n) is 8.97. The van der Waals surface area contributed by atoms with Crippen molar-refractivity contribution in [3.63, 3.8) is 0 Å². The van der Waals surface area contributed by atoms with Gasteiger partial charge in [0.2, 0.25) is 5.91 Å². The van der Waals surface area contributed by atoms with E-state index in [1.54, 1.807) is 23.7 Å². The van der Waals surface area contributed by atoms with Crippen LogP contribution in [-0.4, -0.2) is 46.5 Å². The second-order valence-corrected chi connectivity index (χ2v) is 7.82. The number of amides is 1. The standard InChI is InChI=1S/C19H26N4OS/c1-14(2)23-8-4-5-15(12-23)10-21-18(24)9-17-13-25-19(22-17)16-6-3-7-20-11-16/h3,6-7,11,13-15H,4-5,8-10,12H2,1-2H3,(H,21,24). The molecule has 0 saturated carbocycles. The van der Waals surface area contributed by atoms with Crippen LogP contribution in [0.25, 0.3) is 10.6 Å². The summed E-state index contributed by atoms with van der Waals surface area (Å²) in [5, 5.41) is 5.97. The van der Waals surface area contributed by atoms with Gasteiger partial charge in [-0.2, -0.15) is 0 Å². The number of pyridine rings is 1. The molecule has 2 aromatic rings. The maximum Gasteiger partial charge on any atom is 0.226 e. The summed E-state index contributed by atoms with van der Waals surface area (Å²) in [6, 6.07) is 4.46. The maximum absolute atomic E-state index is 12.2. The molecule has 1 amide bonds. The number of hydrogen-bond acceptors (Lipinski definition) is 5. The zero-order valence-corrected chi connectivity index (χ0v) is 15.8. The van der Waals surface area contributed by atoms with Gasteiger partial charge in [-0.25, -0.2) is 4.98 Å². The molecule has 1 fully saturated rings. The highest BCUT2D eigenvalue weighted by Gasteiger charge is 2.22. The molecule has 1 aliphatic heterocycles. The van der Waals surface area contributed by atoms with Gasteiger partial charge in [0.25, 0.3) is 0 Å². The molecule has 1 aliphatic rings. The Morgan fingerprint density at radius 1 is 1.48 bits per heavy atom. The van der Waals surface area contributed by atoms with Crippen LogP contribution in [0.1, 0.15) is 32.4 Å². The van der Waals surface area contributed by atoms with Crippen molar-refractivity contribution in [2.75, 3.05) is 19.6 Å². The molecule has 2 aromatic heterocycles. The van der Waals surface area contributed by atoms with E-state index in [-0.39, 0.29) is 5.91 Å². The smallest absolute Gasteiger partial charge is 0.226 e. The topological polar surface area (TPSA) is 58.1 Å². The van der Waals surface area contributed by atoms with Gasteiger partial charge in [0.1, 0.15) is 5.01 Å². The van der Waals surface area contributed by atoms with Crippen LogP contribution >= 0.6 is 11.3 Å². The maximum atomic E-state index is 12.2. The van der Waals surface area contributed by atoms with E-state index < -0.39 is 0 Å². The van der Waals surface area contributed by atoms with Gasteiger partial charge in [0, 0.05) is 42.5 Å². The van der Waals surface area contributed by atoms with E-state index in [1.807, 2.05) is 17.5 Å². The molecule has 0 bridgehead atoms. The van der Waals surface area contributed by atoms with Gasteiger partial charge in [0.15, 0.2) is 0 Å². The zero-order valence-electron chi connectivity index (χ0n) is 14.9. The first kappa shape index (κ1) is 18.0. The Labute approximate surface area is 153 Å². The lowest BCUT2D eigenvalue weighted by Gasteiger charge is -2.35. The second-order valence-electron chi connectivity index (χ2n) is 6.96. The van der Waals surface area contributed by atoms with Crippen molar-refractivity contribution in [3.05, 3.63) is 35.6 Å². The number of thiazole rings is 1. The van der Waals surface area contributed by atoms with E-state index in [4.69, 9.17) is 0 Å². The largest absolute Gasteiger partial charge is 0.355 e. The molecule has 134 valence electrons. The summed E-state index contributed by atoms with van der Waals surface area (Å²) in [4.78, 5) is 23.4. The van der Waals surface area contributed by atoms with Gasteiger partial charge in [-0.05, 0) is 51.3 Å². The minimum atomic E-state index is 0.0599. The summed E-state index contributed by atoms with van der Waals surface area (Å²) in [5.74, 6) is 0.617. The first-order valence-corrected chi connectivity index (χ1v) is 9.85. The molecular formula is C19H26N4OS. The van der Waals surface area contributed by atoms with Crippen LogP contribution in [0, 0.1) is 5.92 Å². The lowest BCUT2D eigenvalue weighted by molar-refractivity contribution is -0.120.